The Bertz CT molecular complexity index is 542. The van der Waals surface area contributed by atoms with Gasteiger partial charge in [0.25, 0.3) is 0 Å². The molecule has 2 aromatic rings. The summed E-state index contributed by atoms with van der Waals surface area (Å²) in [5, 5.41) is 4.48. The van der Waals surface area contributed by atoms with E-state index in [-0.39, 0.29) is 0 Å². The maximum absolute atomic E-state index is 5.53. The summed E-state index contributed by atoms with van der Waals surface area (Å²) in [5.41, 5.74) is 1.08. The van der Waals surface area contributed by atoms with Gasteiger partial charge in [0.05, 0.1) is 29.3 Å². The molecule has 1 fully saturated rings. The van der Waals surface area contributed by atoms with Gasteiger partial charge in [-0.25, -0.2) is 4.98 Å². The molecule has 0 spiro atoms. The van der Waals surface area contributed by atoms with Crippen molar-refractivity contribution in [2.45, 2.75) is 12.0 Å². The van der Waals surface area contributed by atoms with Crippen LogP contribution in [-0.2, 0) is 4.74 Å². The zero-order valence-corrected chi connectivity index (χ0v) is 11.8. The molecule has 0 saturated carbocycles. The van der Waals surface area contributed by atoms with Crippen molar-refractivity contribution in [1.82, 2.24) is 10.3 Å². The number of thiazole rings is 1. The van der Waals surface area contributed by atoms with E-state index < -0.39 is 0 Å². The van der Waals surface area contributed by atoms with Crippen molar-refractivity contribution < 1.29 is 4.74 Å². The fraction of sp³-hybridized carbons (Fsp3) is 0.417. The molecule has 3 rings (SSSR count). The summed E-state index contributed by atoms with van der Waals surface area (Å²) in [7, 11) is 1.98. The second-order valence-corrected chi connectivity index (χ2v) is 6.18. The molecule has 2 unspecified atom stereocenters. The Kier molecular flexibility index (Phi) is 3.17. The average Bonchev–Trinajstić information content (AvgIpc) is 2.93. The number of halogens is 1. The monoisotopic (exact) mass is 312 g/mol. The van der Waals surface area contributed by atoms with Crippen LogP contribution in [-0.4, -0.2) is 31.3 Å². The molecular weight excluding hydrogens is 300 g/mol. The van der Waals surface area contributed by atoms with E-state index in [4.69, 9.17) is 9.72 Å². The van der Waals surface area contributed by atoms with Gasteiger partial charge in [0.1, 0.15) is 5.01 Å². The van der Waals surface area contributed by atoms with E-state index in [1.165, 1.54) is 9.71 Å². The Hall–Kier alpha value is -0.490. The van der Waals surface area contributed by atoms with Gasteiger partial charge in [-0.2, -0.15) is 0 Å². The molecule has 17 heavy (non-hydrogen) atoms. The average molecular weight is 313 g/mol. The first-order chi connectivity index (χ1) is 8.28. The molecule has 1 saturated heterocycles. The van der Waals surface area contributed by atoms with E-state index in [2.05, 4.69) is 33.4 Å². The molecule has 1 aromatic carbocycles. The van der Waals surface area contributed by atoms with Gasteiger partial charge >= 0.3 is 0 Å². The summed E-state index contributed by atoms with van der Waals surface area (Å²) in [6.07, 6.45) is 0. The van der Waals surface area contributed by atoms with Gasteiger partial charge in [-0.05, 0) is 25.2 Å². The van der Waals surface area contributed by atoms with E-state index in [1.807, 2.05) is 13.1 Å². The Balaban J connectivity index is 2.00. The van der Waals surface area contributed by atoms with Gasteiger partial charge in [0, 0.05) is 10.5 Å². The number of ether oxygens (including phenoxy) is 1. The van der Waals surface area contributed by atoms with Crippen LogP contribution in [0.5, 0.6) is 0 Å². The molecule has 1 aromatic heterocycles. The van der Waals surface area contributed by atoms with Crippen LogP contribution in [0.4, 0.5) is 0 Å². The van der Waals surface area contributed by atoms with Crippen molar-refractivity contribution >= 4 is 37.5 Å². The Morgan fingerprint density at radius 2 is 2.35 bits per heavy atom. The molecule has 5 heteroatoms. The van der Waals surface area contributed by atoms with E-state index in [0.29, 0.717) is 12.0 Å². The van der Waals surface area contributed by atoms with Crippen molar-refractivity contribution in [2.75, 3.05) is 20.3 Å². The number of likely N-dealkylation sites (N-methyl/N-ethyl adjacent to an activating group) is 1. The van der Waals surface area contributed by atoms with Crippen LogP contribution in [0.25, 0.3) is 10.2 Å². The van der Waals surface area contributed by atoms with E-state index in [9.17, 15) is 0 Å². The predicted octanol–water partition coefficient (Wildman–Crippen LogP) is 2.76. The highest BCUT2D eigenvalue weighted by molar-refractivity contribution is 9.10. The zero-order valence-electron chi connectivity index (χ0n) is 9.44. The van der Waals surface area contributed by atoms with Gasteiger partial charge in [0.2, 0.25) is 0 Å². The summed E-state index contributed by atoms with van der Waals surface area (Å²) in [5.74, 6) is 0.385. The number of aromatic nitrogens is 1. The Labute approximate surface area is 112 Å². The highest BCUT2D eigenvalue weighted by Crippen LogP contribution is 2.33. The van der Waals surface area contributed by atoms with Crippen LogP contribution in [0.2, 0.25) is 0 Å². The molecule has 3 nitrogen and oxygen atoms in total. The molecule has 2 atom stereocenters. The molecule has 1 N–H and O–H groups in total. The summed E-state index contributed by atoms with van der Waals surface area (Å²) < 4.78 is 7.87. The summed E-state index contributed by atoms with van der Waals surface area (Å²) >= 11 is 5.26. The fourth-order valence-corrected chi connectivity index (χ4v) is 3.83. The first kappa shape index (κ1) is 11.6. The summed E-state index contributed by atoms with van der Waals surface area (Å²) in [6, 6.07) is 6.61. The number of benzene rings is 1. The fourth-order valence-electron chi connectivity index (χ4n) is 2.16. The number of nitrogens with zero attached hydrogens (tertiary/aromatic N) is 1. The normalized spacial score (nSPS) is 24.6. The van der Waals surface area contributed by atoms with Crippen LogP contribution >= 0.6 is 27.3 Å². The zero-order chi connectivity index (χ0) is 11.8. The second-order valence-electron chi connectivity index (χ2n) is 4.20. The standard InChI is InChI=1S/C12H13BrN2OS/c1-14-10-6-16-5-8(10)12-15-9-3-2-7(13)4-11(9)17-12/h2-4,8,10,14H,5-6H2,1H3. The lowest BCUT2D eigenvalue weighted by molar-refractivity contribution is 0.188. The van der Waals surface area contributed by atoms with Gasteiger partial charge in [-0.1, -0.05) is 15.9 Å². The molecule has 2 heterocycles. The Morgan fingerprint density at radius 1 is 1.47 bits per heavy atom. The highest BCUT2D eigenvalue weighted by Gasteiger charge is 2.30. The number of rotatable bonds is 2. The number of hydrogen-bond acceptors (Lipinski definition) is 4. The lowest BCUT2D eigenvalue weighted by Crippen LogP contribution is -2.30. The van der Waals surface area contributed by atoms with Crippen LogP contribution < -0.4 is 5.32 Å². The van der Waals surface area contributed by atoms with Gasteiger partial charge < -0.3 is 10.1 Å². The van der Waals surface area contributed by atoms with Gasteiger partial charge in [-0.15, -0.1) is 11.3 Å². The van der Waals surface area contributed by atoms with Crippen LogP contribution in [0.3, 0.4) is 0 Å². The van der Waals surface area contributed by atoms with E-state index in [0.717, 1.165) is 23.2 Å². The van der Waals surface area contributed by atoms with Crippen molar-refractivity contribution in [3.8, 4) is 0 Å². The molecule has 1 aliphatic rings. The van der Waals surface area contributed by atoms with Crippen molar-refractivity contribution in [1.29, 1.82) is 0 Å². The van der Waals surface area contributed by atoms with Crippen LogP contribution in [0.1, 0.15) is 10.9 Å². The largest absolute Gasteiger partial charge is 0.379 e. The molecule has 1 aliphatic heterocycles. The third-order valence-corrected chi connectivity index (χ3v) is 4.78. The minimum Gasteiger partial charge on any atom is -0.379 e. The molecule has 0 amide bonds. The smallest absolute Gasteiger partial charge is 0.101 e. The maximum atomic E-state index is 5.53. The molecule has 0 bridgehead atoms. The topological polar surface area (TPSA) is 34.1 Å². The molecule has 0 aliphatic carbocycles. The maximum Gasteiger partial charge on any atom is 0.101 e. The summed E-state index contributed by atoms with van der Waals surface area (Å²) in [6.45, 7) is 1.55. The van der Waals surface area contributed by atoms with Crippen molar-refractivity contribution in [3.63, 3.8) is 0 Å². The first-order valence-corrected chi connectivity index (χ1v) is 7.20. The van der Waals surface area contributed by atoms with Crippen LogP contribution in [0.15, 0.2) is 22.7 Å². The third kappa shape index (κ3) is 2.12. The first-order valence-electron chi connectivity index (χ1n) is 5.59. The molecule has 90 valence electrons. The minimum absolute atomic E-state index is 0.385. The second kappa shape index (κ2) is 4.65. The summed E-state index contributed by atoms with van der Waals surface area (Å²) in [4.78, 5) is 4.71. The Morgan fingerprint density at radius 3 is 3.18 bits per heavy atom. The SMILES string of the molecule is CNC1COCC1c1nc2ccc(Br)cc2s1. The lowest BCUT2D eigenvalue weighted by atomic mass is 10.1. The van der Waals surface area contributed by atoms with E-state index >= 15 is 0 Å². The third-order valence-electron chi connectivity index (χ3n) is 3.14. The van der Waals surface area contributed by atoms with E-state index in [1.54, 1.807) is 11.3 Å². The minimum atomic E-state index is 0.385. The number of nitrogens with one attached hydrogen (secondary N) is 1. The molecule has 0 radical (unpaired) electrons. The quantitative estimate of drug-likeness (QED) is 0.926. The molecular formula is C12H13BrN2OS. The van der Waals surface area contributed by atoms with Gasteiger partial charge in [0.15, 0.2) is 0 Å². The highest BCUT2D eigenvalue weighted by atomic mass is 79.9. The number of fused-ring (bicyclic) bond motifs is 1. The number of hydrogen-bond donors (Lipinski definition) is 1. The van der Waals surface area contributed by atoms with Crippen LogP contribution in [0, 0.1) is 0 Å². The van der Waals surface area contributed by atoms with Gasteiger partial charge in [-0.3, -0.25) is 0 Å². The lowest BCUT2D eigenvalue weighted by Gasteiger charge is -2.13. The van der Waals surface area contributed by atoms with Crippen molar-refractivity contribution in [3.05, 3.63) is 27.7 Å². The van der Waals surface area contributed by atoms with Crippen molar-refractivity contribution in [2.24, 2.45) is 0 Å². The predicted molar refractivity (Wildman–Crippen MR) is 73.7 cm³/mol.